The Kier molecular flexibility index (Phi) is 6.76. The molecule has 0 unspecified atom stereocenters. The summed E-state index contributed by atoms with van der Waals surface area (Å²) in [7, 11) is -2.18. The number of sulfonamides is 1. The van der Waals surface area contributed by atoms with Gasteiger partial charge < -0.3 is 14.8 Å². The monoisotopic (exact) mass is 418 g/mol. The molecular formula is C21H26N2O5S. The third-order valence-electron chi connectivity index (χ3n) is 4.77. The quantitative estimate of drug-likeness (QED) is 0.744. The summed E-state index contributed by atoms with van der Waals surface area (Å²) in [5.41, 5.74) is 0.801. The van der Waals surface area contributed by atoms with Crippen molar-refractivity contribution in [2.24, 2.45) is 0 Å². The molecule has 0 bridgehead atoms. The lowest BCUT2D eigenvalue weighted by Gasteiger charge is -2.27. The molecule has 0 saturated carbocycles. The molecule has 1 aliphatic rings. The Morgan fingerprint density at radius 3 is 2.55 bits per heavy atom. The first-order valence-corrected chi connectivity index (χ1v) is 11.1. The maximum atomic E-state index is 13.2. The third kappa shape index (κ3) is 4.89. The van der Waals surface area contributed by atoms with Crippen LogP contribution in [0.4, 0.5) is 5.69 Å². The summed E-state index contributed by atoms with van der Waals surface area (Å²) >= 11 is 0. The molecular weight excluding hydrogens is 392 g/mol. The first-order chi connectivity index (χ1) is 14.0. The third-order valence-corrected chi connectivity index (χ3v) is 6.69. The number of carbonyl (C=O) groups is 1. The van der Waals surface area contributed by atoms with E-state index in [1.807, 2.05) is 0 Å². The largest absolute Gasteiger partial charge is 0.497 e. The summed E-state index contributed by atoms with van der Waals surface area (Å²) in [5, 5.41) is 2.76. The SMILES string of the molecule is CCOc1ccc(NC(=O)c2cccc(OC)c2)cc1S(=O)(=O)N1CCCCC1. The van der Waals surface area contributed by atoms with E-state index in [0.29, 0.717) is 36.7 Å². The van der Waals surface area contributed by atoms with Gasteiger partial charge >= 0.3 is 0 Å². The minimum Gasteiger partial charge on any atom is -0.497 e. The van der Waals surface area contributed by atoms with Crippen molar-refractivity contribution in [3.8, 4) is 11.5 Å². The van der Waals surface area contributed by atoms with Crippen LogP contribution in [-0.4, -0.2) is 45.4 Å². The standard InChI is InChI=1S/C21H26N2O5S/c1-3-28-19-11-10-17(22-21(24)16-8-7-9-18(14-16)27-2)15-20(19)29(25,26)23-12-5-4-6-13-23/h7-11,14-15H,3-6,12-13H2,1-2H3,(H,22,24). The Balaban J connectivity index is 1.90. The Bertz CT molecular complexity index is 969. The average Bonchev–Trinajstić information content (AvgIpc) is 2.75. The smallest absolute Gasteiger partial charge is 0.255 e. The van der Waals surface area contributed by atoms with Crippen molar-refractivity contribution in [3.05, 3.63) is 48.0 Å². The van der Waals surface area contributed by atoms with E-state index >= 15 is 0 Å². The molecule has 0 aromatic heterocycles. The zero-order valence-electron chi connectivity index (χ0n) is 16.7. The molecule has 0 aliphatic carbocycles. The zero-order valence-corrected chi connectivity index (χ0v) is 17.5. The number of methoxy groups -OCH3 is 1. The van der Waals surface area contributed by atoms with E-state index in [-0.39, 0.29) is 16.6 Å². The normalized spacial score (nSPS) is 15.0. The van der Waals surface area contributed by atoms with Crippen LogP contribution >= 0.6 is 0 Å². The van der Waals surface area contributed by atoms with Crippen molar-refractivity contribution in [1.82, 2.24) is 4.31 Å². The molecule has 0 atom stereocenters. The molecule has 156 valence electrons. The van der Waals surface area contributed by atoms with Gasteiger partial charge in [-0.05, 0) is 56.2 Å². The van der Waals surface area contributed by atoms with Crippen LogP contribution in [0.5, 0.6) is 11.5 Å². The van der Waals surface area contributed by atoms with Crippen molar-refractivity contribution in [2.75, 3.05) is 32.1 Å². The highest BCUT2D eigenvalue weighted by Gasteiger charge is 2.29. The van der Waals surface area contributed by atoms with Gasteiger partial charge in [0.1, 0.15) is 16.4 Å². The van der Waals surface area contributed by atoms with Gasteiger partial charge in [0.25, 0.3) is 5.91 Å². The van der Waals surface area contributed by atoms with Crippen molar-refractivity contribution in [3.63, 3.8) is 0 Å². The van der Waals surface area contributed by atoms with Gasteiger partial charge in [-0.15, -0.1) is 0 Å². The van der Waals surface area contributed by atoms with Crippen LogP contribution in [0.3, 0.4) is 0 Å². The molecule has 1 amide bonds. The number of rotatable bonds is 7. The number of carbonyl (C=O) groups excluding carboxylic acids is 1. The maximum absolute atomic E-state index is 13.2. The lowest BCUT2D eigenvalue weighted by atomic mass is 10.2. The zero-order chi connectivity index (χ0) is 20.9. The van der Waals surface area contributed by atoms with Crippen molar-refractivity contribution >= 4 is 21.6 Å². The predicted octanol–water partition coefficient (Wildman–Crippen LogP) is 3.52. The number of nitrogens with zero attached hydrogens (tertiary/aromatic N) is 1. The summed E-state index contributed by atoms with van der Waals surface area (Å²) in [4.78, 5) is 12.7. The van der Waals surface area contributed by atoms with E-state index in [2.05, 4.69) is 5.32 Å². The van der Waals surface area contributed by atoms with Crippen LogP contribution in [0.25, 0.3) is 0 Å². The van der Waals surface area contributed by atoms with Crippen molar-refractivity contribution < 1.29 is 22.7 Å². The molecule has 1 N–H and O–H groups in total. The number of hydrogen-bond acceptors (Lipinski definition) is 5. The van der Waals surface area contributed by atoms with Gasteiger partial charge in [0, 0.05) is 24.3 Å². The molecule has 2 aromatic carbocycles. The molecule has 0 spiro atoms. The van der Waals surface area contributed by atoms with E-state index in [4.69, 9.17) is 9.47 Å². The van der Waals surface area contributed by atoms with Crippen molar-refractivity contribution in [1.29, 1.82) is 0 Å². The van der Waals surface area contributed by atoms with Crippen molar-refractivity contribution in [2.45, 2.75) is 31.1 Å². The fraction of sp³-hybridized carbons (Fsp3) is 0.381. The number of hydrogen-bond donors (Lipinski definition) is 1. The number of nitrogens with one attached hydrogen (secondary N) is 1. The Hall–Kier alpha value is -2.58. The molecule has 7 nitrogen and oxygen atoms in total. The van der Waals surface area contributed by atoms with E-state index in [1.165, 1.54) is 17.5 Å². The van der Waals surface area contributed by atoms with Gasteiger partial charge in [-0.25, -0.2) is 8.42 Å². The summed E-state index contributed by atoms with van der Waals surface area (Å²) in [6.45, 7) is 3.14. The topological polar surface area (TPSA) is 84.9 Å². The highest BCUT2D eigenvalue weighted by atomic mass is 32.2. The lowest BCUT2D eigenvalue weighted by Crippen LogP contribution is -2.35. The average molecular weight is 419 g/mol. The molecule has 1 aliphatic heterocycles. The number of benzene rings is 2. The Morgan fingerprint density at radius 1 is 1.10 bits per heavy atom. The van der Waals surface area contributed by atoms with Gasteiger partial charge in [0.15, 0.2) is 0 Å². The Labute approximate surface area is 171 Å². The van der Waals surface area contributed by atoms with Gasteiger partial charge in [0.2, 0.25) is 10.0 Å². The summed E-state index contributed by atoms with van der Waals surface area (Å²) in [6, 6.07) is 11.4. The lowest BCUT2D eigenvalue weighted by molar-refractivity contribution is 0.102. The number of ether oxygens (including phenoxy) is 2. The van der Waals surface area contributed by atoms with E-state index in [0.717, 1.165) is 19.3 Å². The van der Waals surface area contributed by atoms with Gasteiger partial charge in [-0.1, -0.05) is 12.5 Å². The first-order valence-electron chi connectivity index (χ1n) is 9.68. The highest BCUT2D eigenvalue weighted by molar-refractivity contribution is 7.89. The number of amides is 1. The molecule has 29 heavy (non-hydrogen) atoms. The number of anilines is 1. The summed E-state index contributed by atoms with van der Waals surface area (Å²) in [5.74, 6) is 0.504. The van der Waals surface area contributed by atoms with Gasteiger partial charge in [-0.2, -0.15) is 4.31 Å². The van der Waals surface area contributed by atoms with Crippen LogP contribution in [0.15, 0.2) is 47.4 Å². The molecule has 1 saturated heterocycles. The fourth-order valence-corrected chi connectivity index (χ4v) is 4.95. The van der Waals surface area contributed by atoms with Crippen LogP contribution in [0, 0.1) is 0 Å². The first kappa shape index (κ1) is 21.1. The van der Waals surface area contributed by atoms with Gasteiger partial charge in [-0.3, -0.25) is 4.79 Å². The van der Waals surface area contributed by atoms with E-state index in [1.54, 1.807) is 43.3 Å². The minimum absolute atomic E-state index is 0.0738. The molecule has 1 fully saturated rings. The summed E-state index contributed by atoms with van der Waals surface area (Å²) in [6.07, 6.45) is 2.71. The predicted molar refractivity (Wildman–Crippen MR) is 111 cm³/mol. The van der Waals surface area contributed by atoms with Gasteiger partial charge in [0.05, 0.1) is 13.7 Å². The van der Waals surface area contributed by atoms with E-state index < -0.39 is 10.0 Å². The second kappa shape index (κ2) is 9.28. The second-order valence-corrected chi connectivity index (χ2v) is 8.65. The molecule has 8 heteroatoms. The second-order valence-electron chi connectivity index (χ2n) is 6.75. The van der Waals surface area contributed by atoms with E-state index in [9.17, 15) is 13.2 Å². The van der Waals surface area contributed by atoms with Crippen LogP contribution < -0.4 is 14.8 Å². The maximum Gasteiger partial charge on any atom is 0.255 e. The van der Waals surface area contributed by atoms with Crippen LogP contribution in [0.2, 0.25) is 0 Å². The molecule has 0 radical (unpaired) electrons. The molecule has 3 rings (SSSR count). The highest BCUT2D eigenvalue weighted by Crippen LogP contribution is 2.31. The molecule has 1 heterocycles. The minimum atomic E-state index is -3.71. The van der Waals surface area contributed by atoms with Crippen LogP contribution in [0.1, 0.15) is 36.5 Å². The fourth-order valence-electron chi connectivity index (χ4n) is 3.27. The Morgan fingerprint density at radius 2 is 1.86 bits per heavy atom. The molecule has 2 aromatic rings. The number of piperidine rings is 1. The van der Waals surface area contributed by atoms with Crippen LogP contribution in [-0.2, 0) is 10.0 Å². The summed E-state index contributed by atoms with van der Waals surface area (Å²) < 4.78 is 38.6.